The summed E-state index contributed by atoms with van der Waals surface area (Å²) in [5, 5.41) is 202. The van der Waals surface area contributed by atoms with Crippen LogP contribution in [0.5, 0.6) is 46.0 Å². The van der Waals surface area contributed by atoms with Crippen LogP contribution in [0.3, 0.4) is 0 Å². The topological polar surface area (TPSA) is 468 Å². The van der Waals surface area contributed by atoms with Crippen LogP contribution < -0.4 is 28.4 Å². The molecule has 29 heteroatoms. The predicted molar refractivity (Wildman–Crippen MR) is 505 cm³/mol. The molecule has 14 N–H and O–H groups in total. The van der Waals surface area contributed by atoms with Gasteiger partial charge in [0, 0.05) is 61.7 Å². The fourth-order valence-electron chi connectivity index (χ4n) is 16.9. The summed E-state index contributed by atoms with van der Waals surface area (Å²) < 4.78 is 53.3. The Balaban J connectivity index is 1.03. The van der Waals surface area contributed by atoms with E-state index in [1.807, 2.05) is 0 Å². The molecule has 1 unspecified atom stereocenters. The number of hydrogen-bond donors (Lipinski definition) is 14. The number of aliphatic hydroxyl groups is 12. The third-order valence-electron chi connectivity index (χ3n) is 24.2. The number of Topliss-reactive ketones (excluding diaryl/α,β-unsaturated/α-hetero) is 4. The molecule has 0 aromatic heterocycles. The molecule has 15 aromatic carbocycles. The molecule has 1 heterocycles. The number of aromatic hydroxyl groups is 2. The molecule has 15 aromatic rings. The zero-order valence-electron chi connectivity index (χ0n) is 74.4. The minimum absolute atomic E-state index is 0.274. The van der Waals surface area contributed by atoms with Crippen LogP contribution in [0.15, 0.2) is 376 Å². The Morgan fingerprint density at radius 2 is 0.607 bits per heavy atom. The van der Waals surface area contributed by atoms with E-state index in [1.165, 1.54) is 84.9 Å². The highest BCUT2D eigenvalue weighted by Gasteiger charge is 2.82. The van der Waals surface area contributed by atoms with E-state index >= 15 is 34.5 Å². The van der Waals surface area contributed by atoms with E-state index in [0.717, 1.165) is 84.9 Å². The summed E-state index contributed by atoms with van der Waals surface area (Å²) in [6.45, 7) is -3.54. The molecule has 1 aliphatic heterocycles. The zero-order valence-corrected chi connectivity index (χ0v) is 74.4. The third-order valence-corrected chi connectivity index (χ3v) is 24.2. The molecule has 6 atom stereocenters. The number of nitrogens with zero attached hydrogens (tertiary/aromatic N) is 1. The van der Waals surface area contributed by atoms with Crippen LogP contribution in [0.1, 0.15) is 125 Å². The van der Waals surface area contributed by atoms with Crippen molar-refractivity contribution in [2.45, 2.75) is 105 Å². The summed E-state index contributed by atoms with van der Waals surface area (Å²) >= 11 is 0. The second-order valence-electron chi connectivity index (χ2n) is 33.4. The Kier molecular flexibility index (Phi) is 28.7. The van der Waals surface area contributed by atoms with Crippen molar-refractivity contribution in [3.8, 4) is 46.0 Å². The predicted octanol–water partition coefficient (Wildman–Crippen LogP) is 13.6. The smallest absolute Gasteiger partial charge is 0.274 e. The van der Waals surface area contributed by atoms with Crippen molar-refractivity contribution >= 4 is 28.8 Å². The van der Waals surface area contributed by atoms with Crippen LogP contribution in [0.2, 0.25) is 0 Å². The molecule has 1 aliphatic rings. The number of carbonyl (C=O) groups is 4. The van der Waals surface area contributed by atoms with Crippen LogP contribution >= 0.6 is 0 Å². The molecule has 0 saturated carbocycles. The number of para-hydroxylation sites is 1. The Morgan fingerprint density at radius 3 is 0.943 bits per heavy atom. The summed E-state index contributed by atoms with van der Waals surface area (Å²) in [6.07, 6.45) is -10.9. The standard InChI is InChI=1S/C111H93NO28/c113-88-57-77(55-85(107(122,123)81-46-23-7-24-47-81)94(88)109(126,127)83-50-27-9-28-51-83)96(115)97(116)103-105(120,100(117)78-56-86(108(124,125)82-48-25-8-26-49-82)95(89(114)58-78)110(128,129)84-52-29-10-30-53-84)111(130,102(119)80-61-92(135-65-72-37-15-3-16-38-72)99(138-68-75-43-21-6-22-44-75)93(62-80)136-66-73-39-17-4-18-40-73)106(121,104(140-103)139-69-76-45-31-32-54-87(76)112(131)132)101(118)79-59-90(133-63-70-33-11-1-12-34-70)98(137-67-74-41-19-5-20-42-74)91(60-79)134-64-71-35-13-2-14-36-71/h1-62,97,103-104,113-114,116,120-130H,63-69H2/t97?,103-,104+,105-,106+,111+/m1/s1. The molecule has 140 heavy (non-hydrogen) atoms. The zero-order chi connectivity index (χ0) is 98.7. The average molecular weight is 1890 g/mol. The van der Waals surface area contributed by atoms with Gasteiger partial charge in [-0.05, 0) is 88.0 Å². The molecule has 1 fully saturated rings. The minimum Gasteiger partial charge on any atom is -0.507 e. The maximum atomic E-state index is 18.5. The first-order chi connectivity index (χ1) is 67.3. The molecule has 0 amide bonds. The second-order valence-corrected chi connectivity index (χ2v) is 33.4. The number of carbonyl (C=O) groups excluding carboxylic acids is 4. The van der Waals surface area contributed by atoms with Crippen molar-refractivity contribution in [1.82, 2.24) is 0 Å². The van der Waals surface area contributed by atoms with E-state index in [9.17, 15) is 66.3 Å². The van der Waals surface area contributed by atoms with Crippen LogP contribution in [0.25, 0.3) is 0 Å². The number of phenolic OH excluding ortho intramolecular Hbond substituents is 2. The van der Waals surface area contributed by atoms with Crippen molar-refractivity contribution in [2.24, 2.45) is 0 Å². The maximum absolute atomic E-state index is 18.5. The SMILES string of the molecule is O=C(c1cc(O)c(C(O)(O)c2ccccc2)c(C(O)(O)c2ccccc2)c1)C(O)[C@H]1O[C@H](OCc2ccccc2[N+](=O)[O-])[C@@](O)(C(=O)c2cc(OCc3ccccc3)c(OCc3ccccc3)c(OCc3ccccc3)c2)[C@](O)(C(=O)c2cc(OCc3ccccc3)c(OCc3ccccc3)c(OCc3ccccc3)c2)[C@@]1(O)C(=O)c1cc(O)c(C(O)(O)c2ccccc2)c(C(O)(O)c2ccccc2)c1. The number of ether oxygens (including phenoxy) is 8. The highest BCUT2D eigenvalue weighted by atomic mass is 16.7. The van der Waals surface area contributed by atoms with Crippen LogP contribution in [-0.4, -0.2) is 135 Å². The number of nitro benzene ring substituents is 1. The number of phenols is 2. The number of hydrogen-bond acceptors (Lipinski definition) is 28. The van der Waals surface area contributed by atoms with Gasteiger partial charge < -0.3 is 109 Å². The molecule has 16 rings (SSSR count). The fraction of sp³-hybridized carbons (Fsp3) is 0.153. The van der Waals surface area contributed by atoms with E-state index in [2.05, 4.69) is 0 Å². The van der Waals surface area contributed by atoms with Crippen LogP contribution in [0, 0.1) is 10.1 Å². The van der Waals surface area contributed by atoms with Gasteiger partial charge in [-0.3, -0.25) is 29.3 Å². The quantitative estimate of drug-likeness (QED) is 0.00736. The Hall–Kier alpha value is -15.8. The van der Waals surface area contributed by atoms with E-state index in [1.54, 1.807) is 182 Å². The van der Waals surface area contributed by atoms with Gasteiger partial charge in [0.2, 0.25) is 63.2 Å². The summed E-state index contributed by atoms with van der Waals surface area (Å²) in [5.74, 6) is -28.7. The highest BCUT2D eigenvalue weighted by Crippen LogP contribution is 2.56. The minimum atomic E-state index is -5.23. The molecule has 1 saturated heterocycles. The third kappa shape index (κ3) is 19.7. The van der Waals surface area contributed by atoms with Gasteiger partial charge >= 0.3 is 0 Å². The van der Waals surface area contributed by atoms with Gasteiger partial charge in [0.1, 0.15) is 63.3 Å². The number of rotatable bonds is 39. The summed E-state index contributed by atoms with van der Waals surface area (Å²) in [4.78, 5) is 83.9. The van der Waals surface area contributed by atoms with Crippen molar-refractivity contribution in [3.05, 3.63) is 492 Å². The van der Waals surface area contributed by atoms with Gasteiger partial charge in [0.25, 0.3) is 5.69 Å². The lowest BCUT2D eigenvalue weighted by Crippen LogP contribution is -2.88. The number of nitro groups is 1. The highest BCUT2D eigenvalue weighted by molar-refractivity contribution is 6.19. The van der Waals surface area contributed by atoms with Gasteiger partial charge in [-0.2, -0.15) is 0 Å². The number of ketones is 4. The lowest BCUT2D eigenvalue weighted by molar-refractivity contribution is -0.387. The van der Waals surface area contributed by atoms with Crippen molar-refractivity contribution in [2.75, 3.05) is 0 Å². The molecule has 0 radical (unpaired) electrons. The van der Waals surface area contributed by atoms with Crippen molar-refractivity contribution in [1.29, 1.82) is 0 Å². The van der Waals surface area contributed by atoms with E-state index in [4.69, 9.17) is 37.9 Å². The van der Waals surface area contributed by atoms with Crippen molar-refractivity contribution < 1.29 is 133 Å². The molecule has 710 valence electrons. The van der Waals surface area contributed by atoms with E-state index < -0.39 is 219 Å². The molecule has 0 spiro atoms. The Labute approximate surface area is 800 Å². The van der Waals surface area contributed by atoms with Crippen LogP contribution in [0.4, 0.5) is 5.69 Å². The van der Waals surface area contributed by atoms with Gasteiger partial charge in [0.05, 0.1) is 28.2 Å². The van der Waals surface area contributed by atoms with Gasteiger partial charge in [-0.15, -0.1) is 0 Å². The summed E-state index contributed by atoms with van der Waals surface area (Å²) in [5.41, 5.74) is -25.1. The van der Waals surface area contributed by atoms with Gasteiger partial charge in [-0.25, -0.2) is 0 Å². The van der Waals surface area contributed by atoms with Gasteiger partial charge in [0.15, 0.2) is 40.7 Å². The normalized spacial score (nSPS) is 16.8. The largest absolute Gasteiger partial charge is 0.507 e. The van der Waals surface area contributed by atoms with Crippen LogP contribution in [-0.2, 0) is 78.9 Å². The maximum Gasteiger partial charge on any atom is 0.274 e. The summed E-state index contributed by atoms with van der Waals surface area (Å²) in [6, 6.07) is 86.1. The monoisotopic (exact) mass is 1890 g/mol. The Morgan fingerprint density at radius 1 is 0.336 bits per heavy atom. The van der Waals surface area contributed by atoms with E-state index in [-0.39, 0.29) is 37.9 Å². The molecule has 29 nitrogen and oxygen atoms in total. The second kappa shape index (κ2) is 41.3. The first kappa shape index (κ1) is 97.3. The first-order valence-electron chi connectivity index (χ1n) is 44.0. The molecular formula is C111H93NO28. The lowest BCUT2D eigenvalue weighted by Gasteiger charge is -2.58. The number of benzene rings is 15. The van der Waals surface area contributed by atoms with Crippen molar-refractivity contribution in [3.63, 3.8) is 0 Å². The first-order valence-corrected chi connectivity index (χ1v) is 44.0. The molecule has 0 aliphatic carbocycles. The molecular weight excluding hydrogens is 1800 g/mol. The Bertz CT molecular complexity index is 6810. The fourth-order valence-corrected chi connectivity index (χ4v) is 16.9. The summed E-state index contributed by atoms with van der Waals surface area (Å²) in [7, 11) is 0. The lowest BCUT2D eigenvalue weighted by atomic mass is 9.57. The number of aliphatic hydroxyl groups excluding tert-OH is 1. The van der Waals surface area contributed by atoms with Gasteiger partial charge in [-0.1, -0.05) is 315 Å². The van der Waals surface area contributed by atoms with E-state index in [0.29, 0.717) is 57.6 Å². The average Bonchev–Trinajstić information content (AvgIpc) is 0.668. The molecule has 0 bridgehead atoms.